The van der Waals surface area contributed by atoms with Gasteiger partial charge in [0.25, 0.3) is 0 Å². The molecule has 0 aromatic heterocycles. The van der Waals surface area contributed by atoms with E-state index in [-0.39, 0.29) is 5.54 Å². The highest BCUT2D eigenvalue weighted by atomic mass is 16.4. The Bertz CT molecular complexity index is 809. The van der Waals surface area contributed by atoms with Gasteiger partial charge in [0, 0.05) is 37.0 Å². The molecule has 0 unspecified atom stereocenters. The van der Waals surface area contributed by atoms with E-state index < -0.39 is 6.09 Å². The second-order valence-corrected chi connectivity index (χ2v) is 8.07. The topological polar surface area (TPSA) is 52.6 Å². The summed E-state index contributed by atoms with van der Waals surface area (Å²) in [5.74, 6) is 0.762. The first-order valence-electron chi connectivity index (χ1n) is 9.57. The smallest absolute Gasteiger partial charge is 0.407 e. The molecular formula is C22H24N2O2. The van der Waals surface area contributed by atoms with Crippen LogP contribution in [0.2, 0.25) is 0 Å². The minimum Gasteiger partial charge on any atom is -0.465 e. The van der Waals surface area contributed by atoms with Gasteiger partial charge < -0.3 is 15.3 Å². The fraction of sp³-hybridized carbons (Fsp3) is 0.409. The molecule has 1 saturated heterocycles. The predicted octanol–water partition coefficient (Wildman–Crippen LogP) is 3.92. The molecule has 1 saturated carbocycles. The van der Waals surface area contributed by atoms with E-state index in [1.165, 1.54) is 22.3 Å². The molecule has 0 bridgehead atoms. The Balaban J connectivity index is 1.47. The van der Waals surface area contributed by atoms with Gasteiger partial charge in [0.15, 0.2) is 0 Å². The van der Waals surface area contributed by atoms with Crippen molar-refractivity contribution in [2.24, 2.45) is 5.92 Å². The summed E-state index contributed by atoms with van der Waals surface area (Å²) >= 11 is 0. The van der Waals surface area contributed by atoms with Gasteiger partial charge in [-0.05, 0) is 41.5 Å². The predicted molar refractivity (Wildman–Crippen MR) is 101 cm³/mol. The highest BCUT2D eigenvalue weighted by molar-refractivity contribution is 5.79. The number of amides is 1. The van der Waals surface area contributed by atoms with Gasteiger partial charge in [-0.15, -0.1) is 0 Å². The van der Waals surface area contributed by atoms with Crippen LogP contribution in [0, 0.1) is 5.92 Å². The largest absolute Gasteiger partial charge is 0.465 e. The molecule has 134 valence electrons. The maximum absolute atomic E-state index is 12.0. The van der Waals surface area contributed by atoms with Crippen molar-refractivity contribution in [1.29, 1.82) is 0 Å². The lowest BCUT2D eigenvalue weighted by atomic mass is 9.88. The van der Waals surface area contributed by atoms with Gasteiger partial charge in [0.1, 0.15) is 0 Å². The fourth-order valence-electron chi connectivity index (χ4n) is 4.80. The Morgan fingerprint density at radius 2 is 1.62 bits per heavy atom. The van der Waals surface area contributed by atoms with Crippen LogP contribution in [0.25, 0.3) is 11.1 Å². The van der Waals surface area contributed by atoms with Crippen LogP contribution >= 0.6 is 0 Å². The zero-order chi connectivity index (χ0) is 17.7. The molecule has 3 aliphatic rings. The van der Waals surface area contributed by atoms with Crippen LogP contribution in [0.15, 0.2) is 48.5 Å². The van der Waals surface area contributed by atoms with Crippen LogP contribution in [0.4, 0.5) is 4.79 Å². The molecule has 5 rings (SSSR count). The third kappa shape index (κ3) is 2.43. The van der Waals surface area contributed by atoms with Crippen molar-refractivity contribution in [3.8, 4) is 11.1 Å². The number of nitrogens with zero attached hydrogens (tertiary/aromatic N) is 1. The molecular weight excluding hydrogens is 324 g/mol. The van der Waals surface area contributed by atoms with Gasteiger partial charge in [-0.1, -0.05) is 48.5 Å². The zero-order valence-corrected chi connectivity index (χ0v) is 14.8. The monoisotopic (exact) mass is 348 g/mol. The highest BCUT2D eigenvalue weighted by Gasteiger charge is 2.53. The van der Waals surface area contributed by atoms with Crippen molar-refractivity contribution in [1.82, 2.24) is 10.2 Å². The summed E-state index contributed by atoms with van der Waals surface area (Å²) in [6.07, 6.45) is 2.11. The second kappa shape index (κ2) is 5.85. The van der Waals surface area contributed by atoms with E-state index >= 15 is 0 Å². The van der Waals surface area contributed by atoms with Gasteiger partial charge in [-0.2, -0.15) is 0 Å². The average molecular weight is 348 g/mol. The van der Waals surface area contributed by atoms with E-state index in [2.05, 4.69) is 53.8 Å². The molecule has 2 aromatic carbocycles. The summed E-state index contributed by atoms with van der Waals surface area (Å²) in [6.45, 7) is 2.54. The quantitative estimate of drug-likeness (QED) is 0.861. The van der Waals surface area contributed by atoms with E-state index in [4.69, 9.17) is 0 Å². The summed E-state index contributed by atoms with van der Waals surface area (Å²) in [5.41, 5.74) is 5.16. The van der Waals surface area contributed by atoms with Gasteiger partial charge in [-0.25, -0.2) is 4.79 Å². The molecule has 2 N–H and O–H groups in total. The second-order valence-electron chi connectivity index (χ2n) is 8.07. The van der Waals surface area contributed by atoms with Crippen LogP contribution < -0.4 is 5.32 Å². The standard InChI is InChI=1S/C22H24N2O2/c25-21(26)24(14-15-12-23-13-15)22(9-10-22)11-20-18-7-3-1-5-16(18)17-6-2-4-8-19(17)20/h1-8,15,20,23H,9-14H2,(H,25,26). The lowest BCUT2D eigenvalue weighted by Crippen LogP contribution is -2.53. The maximum atomic E-state index is 12.0. The van der Waals surface area contributed by atoms with Crippen LogP contribution in [0.3, 0.4) is 0 Å². The molecule has 1 amide bonds. The molecule has 1 heterocycles. The lowest BCUT2D eigenvalue weighted by molar-refractivity contribution is 0.0928. The molecule has 2 aromatic rings. The van der Waals surface area contributed by atoms with E-state index in [9.17, 15) is 9.90 Å². The number of fused-ring (bicyclic) bond motifs is 3. The first-order chi connectivity index (χ1) is 12.7. The Labute approximate surface area is 153 Å². The van der Waals surface area contributed by atoms with Crippen molar-refractivity contribution >= 4 is 6.09 Å². The minimum atomic E-state index is -0.756. The Morgan fingerprint density at radius 3 is 2.08 bits per heavy atom. The Kier molecular flexibility index (Phi) is 3.57. The molecule has 2 aliphatic carbocycles. The van der Waals surface area contributed by atoms with E-state index in [0.717, 1.165) is 32.4 Å². The number of carboxylic acid groups (broad SMARTS) is 1. The number of carbonyl (C=O) groups is 1. The van der Waals surface area contributed by atoms with Crippen molar-refractivity contribution < 1.29 is 9.90 Å². The van der Waals surface area contributed by atoms with Gasteiger partial charge >= 0.3 is 6.09 Å². The van der Waals surface area contributed by atoms with E-state index in [0.29, 0.717) is 18.4 Å². The summed E-state index contributed by atoms with van der Waals surface area (Å²) in [7, 11) is 0. The summed E-state index contributed by atoms with van der Waals surface area (Å²) in [6, 6.07) is 17.2. The first kappa shape index (κ1) is 15.9. The van der Waals surface area contributed by atoms with E-state index in [1.54, 1.807) is 4.90 Å². The fourth-order valence-corrected chi connectivity index (χ4v) is 4.80. The van der Waals surface area contributed by atoms with Gasteiger partial charge in [0.05, 0.1) is 0 Å². The number of hydrogen-bond donors (Lipinski definition) is 2. The minimum absolute atomic E-state index is 0.184. The molecule has 0 spiro atoms. The number of hydrogen-bond acceptors (Lipinski definition) is 2. The molecule has 1 aliphatic heterocycles. The SMILES string of the molecule is O=C(O)N(CC1CNC1)C1(CC2c3ccccc3-c3ccccc32)CC1. The maximum Gasteiger partial charge on any atom is 0.407 e. The van der Waals surface area contributed by atoms with Crippen molar-refractivity contribution in [3.63, 3.8) is 0 Å². The summed E-state index contributed by atoms with van der Waals surface area (Å²) in [5, 5.41) is 13.1. The van der Waals surface area contributed by atoms with Crippen molar-refractivity contribution in [2.45, 2.75) is 30.7 Å². The van der Waals surface area contributed by atoms with Gasteiger partial charge in [-0.3, -0.25) is 0 Å². The third-order valence-electron chi connectivity index (χ3n) is 6.48. The molecule has 26 heavy (non-hydrogen) atoms. The van der Waals surface area contributed by atoms with Crippen LogP contribution in [0.5, 0.6) is 0 Å². The normalized spacial score (nSPS) is 20.2. The Morgan fingerprint density at radius 1 is 1.04 bits per heavy atom. The third-order valence-corrected chi connectivity index (χ3v) is 6.48. The first-order valence-corrected chi connectivity index (χ1v) is 9.57. The van der Waals surface area contributed by atoms with Crippen molar-refractivity contribution in [3.05, 3.63) is 59.7 Å². The zero-order valence-electron chi connectivity index (χ0n) is 14.8. The molecule has 4 heteroatoms. The van der Waals surface area contributed by atoms with E-state index in [1.807, 2.05) is 0 Å². The summed E-state index contributed by atoms with van der Waals surface area (Å²) < 4.78 is 0. The summed E-state index contributed by atoms with van der Waals surface area (Å²) in [4.78, 5) is 13.8. The molecule has 2 fully saturated rings. The average Bonchev–Trinajstić information content (AvgIpc) is 3.32. The Hall–Kier alpha value is -2.33. The number of nitrogens with one attached hydrogen (secondary N) is 1. The van der Waals surface area contributed by atoms with Gasteiger partial charge in [0.2, 0.25) is 0 Å². The number of rotatable bonds is 5. The van der Waals surface area contributed by atoms with Crippen LogP contribution in [-0.4, -0.2) is 41.3 Å². The number of benzene rings is 2. The molecule has 4 nitrogen and oxygen atoms in total. The molecule has 0 radical (unpaired) electrons. The molecule has 0 atom stereocenters. The van der Waals surface area contributed by atoms with Crippen LogP contribution in [-0.2, 0) is 0 Å². The van der Waals surface area contributed by atoms with Crippen LogP contribution in [0.1, 0.15) is 36.3 Å². The lowest BCUT2D eigenvalue weighted by Gasteiger charge is -2.37. The van der Waals surface area contributed by atoms with Crippen molar-refractivity contribution in [2.75, 3.05) is 19.6 Å². The highest BCUT2D eigenvalue weighted by Crippen LogP contribution is 2.55.